The zero-order valence-electron chi connectivity index (χ0n) is 8.05. The van der Waals surface area contributed by atoms with E-state index in [1.165, 1.54) is 12.3 Å². The van der Waals surface area contributed by atoms with Crippen LogP contribution in [0.5, 0.6) is 0 Å². The monoisotopic (exact) mass is 218 g/mol. The molecule has 0 aliphatic heterocycles. The van der Waals surface area contributed by atoms with Gasteiger partial charge >= 0.3 is 0 Å². The van der Waals surface area contributed by atoms with E-state index >= 15 is 0 Å². The number of nitrogens with one attached hydrogen (secondary N) is 1. The van der Waals surface area contributed by atoms with Crippen molar-refractivity contribution < 1.29 is 9.13 Å². The minimum Gasteiger partial charge on any atom is -0.380 e. The molecule has 0 saturated heterocycles. The first kappa shape index (κ1) is 11.2. The Morgan fingerprint density at radius 3 is 3.00 bits per heavy atom. The van der Waals surface area contributed by atoms with E-state index < -0.39 is 5.82 Å². The maximum atomic E-state index is 13.2. The first-order chi connectivity index (χ1) is 6.63. The summed E-state index contributed by atoms with van der Waals surface area (Å²) in [5.41, 5.74) is 0. The zero-order valence-corrected chi connectivity index (χ0v) is 8.81. The van der Waals surface area contributed by atoms with Gasteiger partial charge in [0.2, 0.25) is 0 Å². The van der Waals surface area contributed by atoms with Crippen molar-refractivity contribution in [1.29, 1.82) is 0 Å². The number of methoxy groups -OCH3 is 1. The number of hydrogen-bond donors (Lipinski definition) is 1. The summed E-state index contributed by atoms with van der Waals surface area (Å²) < 4.78 is 18.2. The Labute approximate surface area is 87.2 Å². The molecule has 1 heterocycles. The predicted octanol–water partition coefficient (Wildman–Crippen LogP) is 2.32. The van der Waals surface area contributed by atoms with E-state index in [1.54, 1.807) is 7.11 Å². The average Bonchev–Trinajstić information content (AvgIpc) is 2.16. The summed E-state index contributed by atoms with van der Waals surface area (Å²) in [6.07, 6.45) is 1.40. The van der Waals surface area contributed by atoms with Crippen LogP contribution in [0.4, 0.5) is 10.2 Å². The van der Waals surface area contributed by atoms with Crippen LogP contribution >= 0.6 is 11.6 Å². The Bertz CT molecular complexity index is 309. The topological polar surface area (TPSA) is 34.1 Å². The van der Waals surface area contributed by atoms with Gasteiger partial charge in [0, 0.05) is 19.9 Å². The van der Waals surface area contributed by atoms with Crippen LogP contribution in [0, 0.1) is 5.82 Å². The Hall–Kier alpha value is -0.870. The van der Waals surface area contributed by atoms with E-state index in [9.17, 15) is 4.39 Å². The summed E-state index contributed by atoms with van der Waals surface area (Å²) in [7, 11) is 1.60. The van der Waals surface area contributed by atoms with Crippen molar-refractivity contribution in [1.82, 2.24) is 4.98 Å². The zero-order chi connectivity index (χ0) is 10.6. The van der Waals surface area contributed by atoms with Gasteiger partial charge in [0.05, 0.1) is 11.1 Å². The first-order valence-corrected chi connectivity index (χ1v) is 4.59. The Balaban J connectivity index is 2.59. The van der Waals surface area contributed by atoms with Crippen molar-refractivity contribution in [2.75, 3.05) is 19.0 Å². The molecule has 0 amide bonds. The Kier molecular flexibility index (Phi) is 4.10. The molecule has 5 heteroatoms. The minimum absolute atomic E-state index is 0.00637. The lowest BCUT2D eigenvalue weighted by Crippen LogP contribution is -2.19. The van der Waals surface area contributed by atoms with E-state index in [2.05, 4.69) is 10.3 Å². The van der Waals surface area contributed by atoms with Gasteiger partial charge in [-0.15, -0.1) is 0 Å². The number of nitrogens with zero attached hydrogens (tertiary/aromatic N) is 1. The van der Waals surface area contributed by atoms with E-state index in [4.69, 9.17) is 16.3 Å². The highest BCUT2D eigenvalue weighted by atomic mass is 35.5. The number of anilines is 1. The van der Waals surface area contributed by atoms with Crippen molar-refractivity contribution in [2.24, 2.45) is 0 Å². The van der Waals surface area contributed by atoms with Crippen LogP contribution in [0.15, 0.2) is 12.3 Å². The molecule has 3 nitrogen and oxygen atoms in total. The SMILES string of the molecule is COC(C)CNc1ncc(Cl)cc1F. The lowest BCUT2D eigenvalue weighted by molar-refractivity contribution is 0.128. The van der Waals surface area contributed by atoms with E-state index in [0.717, 1.165) is 0 Å². The van der Waals surface area contributed by atoms with E-state index in [0.29, 0.717) is 6.54 Å². The molecule has 1 N–H and O–H groups in total. The summed E-state index contributed by atoms with van der Waals surface area (Å²) >= 11 is 5.55. The molecule has 14 heavy (non-hydrogen) atoms. The molecule has 0 radical (unpaired) electrons. The van der Waals surface area contributed by atoms with Crippen molar-refractivity contribution >= 4 is 17.4 Å². The van der Waals surface area contributed by atoms with Crippen molar-refractivity contribution in [2.45, 2.75) is 13.0 Å². The Morgan fingerprint density at radius 1 is 1.71 bits per heavy atom. The van der Waals surface area contributed by atoms with Gasteiger partial charge in [-0.1, -0.05) is 11.6 Å². The molecule has 1 unspecified atom stereocenters. The van der Waals surface area contributed by atoms with Crippen molar-refractivity contribution in [3.8, 4) is 0 Å². The van der Waals surface area contributed by atoms with Crippen LogP contribution in [-0.2, 0) is 4.74 Å². The molecule has 1 aromatic heterocycles. The molecule has 0 aliphatic rings. The highest BCUT2D eigenvalue weighted by molar-refractivity contribution is 6.30. The normalized spacial score (nSPS) is 12.6. The molecule has 0 spiro atoms. The molecule has 0 fully saturated rings. The molecule has 0 saturated carbocycles. The lowest BCUT2D eigenvalue weighted by Gasteiger charge is -2.11. The van der Waals surface area contributed by atoms with Gasteiger partial charge in [-0.25, -0.2) is 9.37 Å². The summed E-state index contributed by atoms with van der Waals surface area (Å²) in [5.74, 6) is -0.265. The molecule has 1 rings (SSSR count). The van der Waals surface area contributed by atoms with Gasteiger partial charge in [0.15, 0.2) is 11.6 Å². The standard InChI is InChI=1S/C9H12ClFN2O/c1-6(14-2)4-12-9-8(11)3-7(10)5-13-9/h3,5-6H,4H2,1-2H3,(H,12,13). The maximum Gasteiger partial charge on any atom is 0.166 e. The summed E-state index contributed by atoms with van der Waals surface area (Å²) in [5, 5.41) is 3.11. The number of pyridine rings is 1. The highest BCUT2D eigenvalue weighted by Crippen LogP contribution is 2.15. The second-order valence-electron chi connectivity index (χ2n) is 2.91. The summed E-state index contributed by atoms with van der Waals surface area (Å²) in [6, 6.07) is 1.22. The van der Waals surface area contributed by atoms with Crippen molar-refractivity contribution in [3.63, 3.8) is 0 Å². The van der Waals surface area contributed by atoms with Crippen LogP contribution < -0.4 is 5.32 Å². The number of halogens is 2. The van der Waals surface area contributed by atoms with Gasteiger partial charge in [0.25, 0.3) is 0 Å². The third-order valence-corrected chi connectivity index (χ3v) is 1.97. The molecule has 0 bridgehead atoms. The number of aromatic nitrogens is 1. The molecule has 0 aliphatic carbocycles. The largest absolute Gasteiger partial charge is 0.380 e. The van der Waals surface area contributed by atoms with Crippen LogP contribution in [0.3, 0.4) is 0 Å². The molecular formula is C9H12ClFN2O. The molecule has 0 aromatic carbocycles. The second kappa shape index (κ2) is 5.12. The quantitative estimate of drug-likeness (QED) is 0.842. The first-order valence-electron chi connectivity index (χ1n) is 4.21. The fourth-order valence-corrected chi connectivity index (χ4v) is 1.01. The van der Waals surface area contributed by atoms with Gasteiger partial charge in [-0.3, -0.25) is 0 Å². The minimum atomic E-state index is -0.458. The van der Waals surface area contributed by atoms with Gasteiger partial charge < -0.3 is 10.1 Å². The fraction of sp³-hybridized carbons (Fsp3) is 0.444. The van der Waals surface area contributed by atoms with Crippen LogP contribution in [0.25, 0.3) is 0 Å². The van der Waals surface area contributed by atoms with Gasteiger partial charge in [-0.05, 0) is 13.0 Å². The number of ether oxygens (including phenoxy) is 1. The summed E-state index contributed by atoms with van der Waals surface area (Å²) in [4.78, 5) is 3.81. The predicted molar refractivity (Wildman–Crippen MR) is 54.2 cm³/mol. The summed E-state index contributed by atoms with van der Waals surface area (Å²) in [6.45, 7) is 2.38. The molecule has 1 atom stereocenters. The smallest absolute Gasteiger partial charge is 0.166 e. The highest BCUT2D eigenvalue weighted by Gasteiger charge is 2.05. The average molecular weight is 219 g/mol. The third-order valence-electron chi connectivity index (χ3n) is 1.77. The lowest BCUT2D eigenvalue weighted by atomic mass is 10.4. The van der Waals surface area contributed by atoms with E-state index in [-0.39, 0.29) is 16.9 Å². The molecular weight excluding hydrogens is 207 g/mol. The van der Waals surface area contributed by atoms with Crippen LogP contribution in [0.1, 0.15) is 6.92 Å². The second-order valence-corrected chi connectivity index (χ2v) is 3.35. The Morgan fingerprint density at radius 2 is 2.43 bits per heavy atom. The molecule has 78 valence electrons. The van der Waals surface area contributed by atoms with Gasteiger partial charge in [-0.2, -0.15) is 0 Å². The van der Waals surface area contributed by atoms with Crippen molar-refractivity contribution in [3.05, 3.63) is 23.1 Å². The van der Waals surface area contributed by atoms with Crippen LogP contribution in [0.2, 0.25) is 5.02 Å². The van der Waals surface area contributed by atoms with Crippen LogP contribution in [-0.4, -0.2) is 24.7 Å². The molecule has 1 aromatic rings. The third kappa shape index (κ3) is 3.12. The number of hydrogen-bond acceptors (Lipinski definition) is 3. The number of rotatable bonds is 4. The van der Waals surface area contributed by atoms with Gasteiger partial charge in [0.1, 0.15) is 0 Å². The fourth-order valence-electron chi connectivity index (χ4n) is 0.868. The maximum absolute atomic E-state index is 13.2. The van der Waals surface area contributed by atoms with E-state index in [1.807, 2.05) is 6.92 Å².